The van der Waals surface area contributed by atoms with Gasteiger partial charge in [-0.25, -0.2) is 0 Å². The van der Waals surface area contributed by atoms with Gasteiger partial charge in [-0.2, -0.15) is 0 Å². The summed E-state index contributed by atoms with van der Waals surface area (Å²) in [5, 5.41) is 0. The third-order valence-corrected chi connectivity index (χ3v) is 10.9. The molecule has 3 aromatic rings. The molecule has 0 radical (unpaired) electrons. The van der Waals surface area contributed by atoms with E-state index in [1.165, 1.54) is 83.5 Å². The van der Waals surface area contributed by atoms with E-state index in [9.17, 15) is 4.79 Å². The molecule has 1 aliphatic rings. The molecule has 1 fully saturated rings. The number of thiocarbonyl (C=S) groups is 1. The van der Waals surface area contributed by atoms with Crippen LogP contribution in [0.4, 0.5) is 0 Å². The summed E-state index contributed by atoms with van der Waals surface area (Å²) >= 11 is 5.58. The van der Waals surface area contributed by atoms with E-state index in [4.69, 9.17) is 42.0 Å². The lowest BCUT2D eigenvalue weighted by Gasteiger charge is -2.46. The van der Waals surface area contributed by atoms with Crippen LogP contribution >= 0.6 is 12.2 Å². The van der Waals surface area contributed by atoms with Crippen molar-refractivity contribution in [3.63, 3.8) is 0 Å². The second-order valence-corrected chi connectivity index (χ2v) is 16.3. The Balaban J connectivity index is 1.26. The molecule has 5 atom stereocenters. The second kappa shape index (κ2) is 30.1. The Hall–Kier alpha value is -2.98. The van der Waals surface area contributed by atoms with E-state index >= 15 is 0 Å². The number of ether oxygens (including phenoxy) is 6. The van der Waals surface area contributed by atoms with Gasteiger partial charge in [-0.05, 0) is 34.9 Å². The molecule has 7 nitrogen and oxygen atoms in total. The molecule has 58 heavy (non-hydrogen) atoms. The first-order valence-corrected chi connectivity index (χ1v) is 22.7. The van der Waals surface area contributed by atoms with Crippen LogP contribution < -0.4 is 0 Å². The van der Waals surface area contributed by atoms with Crippen LogP contribution in [0.2, 0.25) is 0 Å². The van der Waals surface area contributed by atoms with Gasteiger partial charge in [-0.3, -0.25) is 4.79 Å². The molecule has 0 spiro atoms. The molecule has 4 rings (SSSR count). The van der Waals surface area contributed by atoms with Crippen LogP contribution in [0.15, 0.2) is 91.0 Å². The van der Waals surface area contributed by atoms with Gasteiger partial charge in [0.25, 0.3) is 0 Å². The Bertz CT molecular complexity index is 1500. The molecule has 0 amide bonds. The second-order valence-electron chi connectivity index (χ2n) is 15.7. The fourth-order valence-corrected chi connectivity index (χ4v) is 7.59. The summed E-state index contributed by atoms with van der Waals surface area (Å²) in [4.78, 5) is 13.1. The first-order valence-electron chi connectivity index (χ1n) is 23.0. The highest BCUT2D eigenvalue weighted by Crippen LogP contribution is 2.33. The molecule has 1 aliphatic heterocycles. The molecule has 1 saturated heterocycles. The molecule has 0 aromatic heterocycles. The zero-order chi connectivity index (χ0) is 41.6. The fourth-order valence-electron chi connectivity index (χ4n) is 7.43. The summed E-state index contributed by atoms with van der Waals surface area (Å²) in [5.41, 5.74) is 3.04. The summed E-state index contributed by atoms with van der Waals surface area (Å²) in [6.45, 7) is 3.82. The van der Waals surface area contributed by atoms with Crippen LogP contribution in [0.25, 0.3) is 0 Å². The highest BCUT2D eigenvalue weighted by Gasteiger charge is 2.49. The normalized spacial score (nSPS) is 19.5. The van der Waals surface area contributed by atoms with E-state index in [1.807, 2.05) is 91.0 Å². The molecule has 0 N–H and O–H groups in total. The van der Waals surface area contributed by atoms with E-state index in [1.54, 1.807) is 0 Å². The molecule has 3 aromatic carbocycles. The minimum Gasteiger partial charge on any atom is -0.466 e. The van der Waals surface area contributed by atoms with Crippen LogP contribution in [0, 0.1) is 0 Å². The lowest BCUT2D eigenvalue weighted by Crippen LogP contribution is -2.61. The number of benzene rings is 3. The molecular weight excluding hydrogens is 745 g/mol. The number of unbranched alkanes of at least 4 members (excludes halogenated alkanes) is 14. The van der Waals surface area contributed by atoms with Crippen LogP contribution in [-0.2, 0) is 53.0 Å². The predicted molar refractivity (Wildman–Crippen MR) is 238 cm³/mol. The third kappa shape index (κ3) is 19.8. The van der Waals surface area contributed by atoms with Gasteiger partial charge in [0.15, 0.2) is 6.29 Å². The number of rotatable bonds is 32. The van der Waals surface area contributed by atoms with Gasteiger partial charge in [0.05, 0.1) is 39.1 Å². The molecular formula is C50H72O7S. The van der Waals surface area contributed by atoms with Crippen molar-refractivity contribution in [2.45, 2.75) is 180 Å². The first-order chi connectivity index (χ1) is 29.1. The Morgan fingerprint density at radius 1 is 0.569 bits per heavy atom. The zero-order valence-corrected chi connectivity index (χ0v) is 36.1. The van der Waals surface area contributed by atoms with Crippen molar-refractivity contribution in [3.05, 3.63) is 108 Å². The Labute approximate surface area is 357 Å². The summed E-state index contributed by atoms with van der Waals surface area (Å²) in [6.07, 6.45) is 17.5. The number of hydrogen-bond acceptors (Lipinski definition) is 8. The zero-order valence-electron chi connectivity index (χ0n) is 36.3. The molecule has 320 valence electrons. The van der Waals surface area contributed by atoms with Gasteiger partial charge in [-0.1, -0.05) is 200 Å². The van der Waals surface area contributed by atoms with Gasteiger partial charge >= 0.3 is 5.97 Å². The summed E-state index contributed by atoms with van der Waals surface area (Å²) < 4.78 is 46.7. The molecule has 8 heteroatoms. The molecule has 1 heterocycles. The smallest absolute Gasteiger partial charge is 0.305 e. The maximum atomic E-state index is 12.6. The van der Waals surface area contributed by atoms with Gasteiger partial charge in [-0.15, -0.1) is 0 Å². The van der Waals surface area contributed by atoms with E-state index in [-0.39, 0.29) is 19.5 Å². The van der Waals surface area contributed by atoms with Gasteiger partial charge < -0.3 is 28.4 Å². The number of carbonyl (C=O) groups is 1. The van der Waals surface area contributed by atoms with Crippen molar-refractivity contribution in [2.24, 2.45) is 0 Å². The van der Waals surface area contributed by atoms with Crippen LogP contribution in [0.5, 0.6) is 0 Å². The van der Waals surface area contributed by atoms with Crippen LogP contribution in [-0.4, -0.2) is 54.8 Å². The molecule has 0 aliphatic carbocycles. The largest absolute Gasteiger partial charge is 0.466 e. The SMILES string of the molecule is [2H]CC(=S)C[C@H]1OC(OCCCOC(=O)CCCCCCCCCCCCCCCCC)[C@H](OCc2ccccc2)[C@@H](OCc2ccccc2)[C@@H]1OCc1ccccc1. The minimum atomic E-state index is -0.814. The average Bonchev–Trinajstić information content (AvgIpc) is 3.27. The van der Waals surface area contributed by atoms with E-state index < -0.39 is 30.7 Å². The van der Waals surface area contributed by atoms with E-state index in [0.29, 0.717) is 50.6 Å². The fraction of sp³-hybridized carbons (Fsp3) is 0.600. The summed E-state index contributed by atoms with van der Waals surface area (Å²) in [7, 11) is 0. The van der Waals surface area contributed by atoms with Gasteiger partial charge in [0, 0.05) is 20.6 Å². The predicted octanol–water partition coefficient (Wildman–Crippen LogP) is 12.5. The van der Waals surface area contributed by atoms with Crippen molar-refractivity contribution in [1.82, 2.24) is 0 Å². The lowest BCUT2D eigenvalue weighted by atomic mass is 9.95. The number of esters is 1. The van der Waals surface area contributed by atoms with Crippen molar-refractivity contribution >= 4 is 23.1 Å². The molecule has 0 bridgehead atoms. The van der Waals surface area contributed by atoms with Crippen LogP contribution in [0.3, 0.4) is 0 Å². The topological polar surface area (TPSA) is 72.5 Å². The third-order valence-electron chi connectivity index (χ3n) is 10.7. The van der Waals surface area contributed by atoms with Gasteiger partial charge in [0.2, 0.25) is 0 Å². The van der Waals surface area contributed by atoms with Crippen molar-refractivity contribution in [3.8, 4) is 0 Å². The maximum absolute atomic E-state index is 12.6. The Kier molecular flexibility index (Phi) is 23.9. The molecule has 1 unspecified atom stereocenters. The van der Waals surface area contributed by atoms with Crippen molar-refractivity contribution in [2.75, 3.05) is 13.2 Å². The highest BCUT2D eigenvalue weighted by atomic mass is 32.1. The Morgan fingerprint density at radius 3 is 1.50 bits per heavy atom. The van der Waals surface area contributed by atoms with E-state index in [0.717, 1.165) is 29.5 Å². The number of carbonyl (C=O) groups excluding carboxylic acids is 1. The lowest BCUT2D eigenvalue weighted by molar-refractivity contribution is -0.322. The maximum Gasteiger partial charge on any atom is 0.305 e. The standard InChI is InChI=1S/C50H72O7S/c1-3-4-5-6-7-8-9-10-11-12-13-14-15-16-26-34-46(51)52-35-27-36-53-50-49(56-40-44-32-24-19-25-33-44)48(55-39-43-30-22-18-23-31-43)47(45(57-50)37-41(2)58)54-38-42-28-20-17-21-29-42/h17-25,28-33,45,47-50H,3-16,26-27,34-40H2,1-2H3/t45-,47-,48+,49-,50?/m1/s1/i2D. The van der Waals surface area contributed by atoms with Gasteiger partial charge in [0.1, 0.15) is 18.3 Å². The highest BCUT2D eigenvalue weighted by molar-refractivity contribution is 7.80. The first kappa shape index (κ1) is 46.1. The monoisotopic (exact) mass is 818 g/mol. The quantitative estimate of drug-likeness (QED) is 0.0350. The number of hydrogen-bond donors (Lipinski definition) is 0. The summed E-state index contributed by atoms with van der Waals surface area (Å²) in [5.74, 6) is -0.158. The Morgan fingerprint density at radius 2 is 1.02 bits per heavy atom. The van der Waals surface area contributed by atoms with Crippen molar-refractivity contribution in [1.29, 1.82) is 0 Å². The minimum absolute atomic E-state index is 0.000363. The average molecular weight is 818 g/mol. The van der Waals surface area contributed by atoms with Crippen molar-refractivity contribution < 1.29 is 34.6 Å². The van der Waals surface area contributed by atoms with Crippen LogP contribution in [0.1, 0.15) is 147 Å². The summed E-state index contributed by atoms with van der Waals surface area (Å²) in [6, 6.07) is 30.0. The molecule has 0 saturated carbocycles. The van der Waals surface area contributed by atoms with E-state index in [2.05, 4.69) is 6.92 Å².